The number of nitrogens with zero attached hydrogens (tertiary/aromatic N) is 1. The van der Waals surface area contributed by atoms with Crippen LogP contribution in [0.3, 0.4) is 0 Å². The Balaban J connectivity index is 2.02. The molecule has 2 atom stereocenters. The predicted octanol–water partition coefficient (Wildman–Crippen LogP) is 2.86. The zero-order chi connectivity index (χ0) is 14.8. The molecule has 110 valence electrons. The number of hydrogen-bond donors (Lipinski definition) is 1. The van der Waals surface area contributed by atoms with Crippen molar-refractivity contribution in [2.45, 2.75) is 51.6 Å². The summed E-state index contributed by atoms with van der Waals surface area (Å²) in [7, 11) is 1.88. The molecule has 0 heterocycles. The Morgan fingerprint density at radius 1 is 1.35 bits per heavy atom. The quantitative estimate of drug-likeness (QED) is 0.921. The molecule has 0 aliphatic heterocycles. The highest BCUT2D eigenvalue weighted by molar-refractivity contribution is 5.80. The van der Waals surface area contributed by atoms with Crippen LogP contribution in [-0.4, -0.2) is 23.4 Å². The van der Waals surface area contributed by atoms with Crippen LogP contribution in [0.1, 0.15) is 43.7 Å². The molecule has 1 aromatic rings. The third kappa shape index (κ3) is 3.40. The molecule has 2 rings (SSSR count). The second kappa shape index (κ2) is 5.96. The highest BCUT2D eigenvalue weighted by atomic mass is 16.2. The van der Waals surface area contributed by atoms with E-state index in [1.165, 1.54) is 11.1 Å². The smallest absolute Gasteiger partial charge is 0.227 e. The van der Waals surface area contributed by atoms with Crippen LogP contribution in [-0.2, 0) is 11.3 Å². The van der Waals surface area contributed by atoms with Gasteiger partial charge in [-0.25, -0.2) is 0 Å². The van der Waals surface area contributed by atoms with Crippen molar-refractivity contribution in [3.63, 3.8) is 0 Å². The van der Waals surface area contributed by atoms with Gasteiger partial charge in [0.15, 0.2) is 0 Å². The van der Waals surface area contributed by atoms with Crippen molar-refractivity contribution < 1.29 is 4.79 Å². The summed E-state index contributed by atoms with van der Waals surface area (Å²) < 4.78 is 0. The summed E-state index contributed by atoms with van der Waals surface area (Å²) in [5.74, 6) is 0.155. The molecule has 1 fully saturated rings. The van der Waals surface area contributed by atoms with Gasteiger partial charge in [-0.05, 0) is 32.3 Å². The van der Waals surface area contributed by atoms with Crippen molar-refractivity contribution in [3.8, 4) is 0 Å². The Hall–Kier alpha value is -1.35. The molecule has 3 nitrogen and oxygen atoms in total. The van der Waals surface area contributed by atoms with Crippen molar-refractivity contribution in [2.75, 3.05) is 7.05 Å². The van der Waals surface area contributed by atoms with Gasteiger partial charge < -0.3 is 10.6 Å². The molecule has 0 bridgehead atoms. The van der Waals surface area contributed by atoms with Crippen LogP contribution < -0.4 is 5.73 Å². The predicted molar refractivity (Wildman–Crippen MR) is 82.2 cm³/mol. The first-order valence-electron chi connectivity index (χ1n) is 7.49. The van der Waals surface area contributed by atoms with Gasteiger partial charge in [-0.1, -0.05) is 42.7 Å². The molecule has 2 unspecified atom stereocenters. The van der Waals surface area contributed by atoms with Crippen molar-refractivity contribution in [1.29, 1.82) is 0 Å². The van der Waals surface area contributed by atoms with Crippen molar-refractivity contribution in [2.24, 2.45) is 11.7 Å². The van der Waals surface area contributed by atoms with Crippen LogP contribution in [0.25, 0.3) is 0 Å². The maximum absolute atomic E-state index is 12.6. The fourth-order valence-electron chi connectivity index (χ4n) is 3.08. The second-order valence-corrected chi connectivity index (χ2v) is 6.48. The highest BCUT2D eigenvalue weighted by Crippen LogP contribution is 2.32. The van der Waals surface area contributed by atoms with Gasteiger partial charge in [0, 0.05) is 19.1 Å². The number of aryl methyl sites for hydroxylation is 1. The molecule has 0 radical (unpaired) electrons. The number of carbonyl (C=O) groups excluding carboxylic acids is 1. The van der Waals surface area contributed by atoms with Crippen LogP contribution in [0.5, 0.6) is 0 Å². The largest absolute Gasteiger partial charge is 0.341 e. The SMILES string of the molecule is Cc1ccc(CN(C)C(=O)C2CCCCC2(C)N)cc1. The van der Waals surface area contributed by atoms with Gasteiger partial charge >= 0.3 is 0 Å². The minimum Gasteiger partial charge on any atom is -0.341 e. The van der Waals surface area contributed by atoms with E-state index >= 15 is 0 Å². The maximum atomic E-state index is 12.6. The fourth-order valence-corrected chi connectivity index (χ4v) is 3.08. The van der Waals surface area contributed by atoms with Crippen molar-refractivity contribution in [1.82, 2.24) is 4.90 Å². The topological polar surface area (TPSA) is 46.3 Å². The summed E-state index contributed by atoms with van der Waals surface area (Å²) in [6, 6.07) is 8.34. The number of nitrogens with two attached hydrogens (primary N) is 1. The van der Waals surface area contributed by atoms with E-state index in [1.807, 2.05) is 18.9 Å². The first-order chi connectivity index (χ1) is 9.40. The lowest BCUT2D eigenvalue weighted by atomic mass is 9.74. The van der Waals surface area contributed by atoms with E-state index in [4.69, 9.17) is 5.73 Å². The van der Waals surface area contributed by atoms with Crippen LogP contribution >= 0.6 is 0 Å². The summed E-state index contributed by atoms with van der Waals surface area (Å²) in [5, 5.41) is 0. The third-order valence-electron chi connectivity index (χ3n) is 4.47. The van der Waals surface area contributed by atoms with Gasteiger partial charge in [0.05, 0.1) is 5.92 Å². The van der Waals surface area contributed by atoms with Gasteiger partial charge in [-0.3, -0.25) is 4.79 Å². The molecule has 1 aromatic carbocycles. The van der Waals surface area contributed by atoms with Gasteiger partial charge in [0.2, 0.25) is 5.91 Å². The molecular weight excluding hydrogens is 248 g/mol. The third-order valence-corrected chi connectivity index (χ3v) is 4.47. The van der Waals surface area contributed by atoms with Crippen LogP contribution in [0.15, 0.2) is 24.3 Å². The average Bonchev–Trinajstić information content (AvgIpc) is 2.40. The summed E-state index contributed by atoms with van der Waals surface area (Å²) in [5.41, 5.74) is 8.38. The Labute approximate surface area is 122 Å². The molecule has 1 amide bonds. The number of hydrogen-bond acceptors (Lipinski definition) is 2. The van der Waals surface area contributed by atoms with E-state index in [1.54, 1.807) is 0 Å². The monoisotopic (exact) mass is 274 g/mol. The first-order valence-corrected chi connectivity index (χ1v) is 7.49. The molecular formula is C17H26N2O. The zero-order valence-corrected chi connectivity index (χ0v) is 12.9. The van der Waals surface area contributed by atoms with Crippen LogP contribution in [0.4, 0.5) is 0 Å². The summed E-state index contributed by atoms with van der Waals surface area (Å²) in [6.07, 6.45) is 4.12. The normalized spacial score (nSPS) is 26.3. The molecule has 1 aliphatic rings. The number of carbonyl (C=O) groups is 1. The molecule has 1 saturated carbocycles. The standard InChI is InChI=1S/C17H26N2O/c1-13-7-9-14(10-8-13)12-19(3)16(20)15-6-4-5-11-17(15,2)18/h7-10,15H,4-6,11-12,18H2,1-3H3. The molecule has 1 aliphatic carbocycles. The van der Waals surface area contributed by atoms with E-state index < -0.39 is 0 Å². The Morgan fingerprint density at radius 2 is 2.00 bits per heavy atom. The zero-order valence-electron chi connectivity index (χ0n) is 12.9. The molecule has 0 saturated heterocycles. The van der Waals surface area contributed by atoms with Gasteiger partial charge in [-0.2, -0.15) is 0 Å². The maximum Gasteiger partial charge on any atom is 0.227 e. The van der Waals surface area contributed by atoms with Gasteiger partial charge in [0.1, 0.15) is 0 Å². The lowest BCUT2D eigenvalue weighted by molar-refractivity contribution is -0.138. The number of rotatable bonds is 3. The number of amides is 1. The first kappa shape index (κ1) is 15.0. The van der Waals surface area contributed by atoms with Crippen molar-refractivity contribution in [3.05, 3.63) is 35.4 Å². The number of benzene rings is 1. The van der Waals surface area contributed by atoms with E-state index in [0.717, 1.165) is 25.7 Å². The summed E-state index contributed by atoms with van der Waals surface area (Å²) in [6.45, 7) is 4.75. The van der Waals surface area contributed by atoms with E-state index in [-0.39, 0.29) is 17.4 Å². The minimum absolute atomic E-state index is 0.0355. The lowest BCUT2D eigenvalue weighted by Gasteiger charge is -2.39. The Kier molecular flexibility index (Phi) is 4.48. The van der Waals surface area contributed by atoms with Crippen LogP contribution in [0.2, 0.25) is 0 Å². The Morgan fingerprint density at radius 3 is 2.60 bits per heavy atom. The highest BCUT2D eigenvalue weighted by Gasteiger charge is 2.38. The van der Waals surface area contributed by atoms with Crippen molar-refractivity contribution >= 4 is 5.91 Å². The lowest BCUT2D eigenvalue weighted by Crippen LogP contribution is -2.53. The summed E-state index contributed by atoms with van der Waals surface area (Å²) in [4.78, 5) is 14.5. The second-order valence-electron chi connectivity index (χ2n) is 6.48. The fraction of sp³-hybridized carbons (Fsp3) is 0.588. The summed E-state index contributed by atoms with van der Waals surface area (Å²) >= 11 is 0. The van der Waals surface area contributed by atoms with Crippen LogP contribution in [0, 0.1) is 12.8 Å². The molecule has 3 heteroatoms. The van der Waals surface area contributed by atoms with E-state index in [2.05, 4.69) is 31.2 Å². The van der Waals surface area contributed by atoms with E-state index in [0.29, 0.717) is 6.54 Å². The molecule has 20 heavy (non-hydrogen) atoms. The van der Waals surface area contributed by atoms with E-state index in [9.17, 15) is 4.79 Å². The average molecular weight is 274 g/mol. The van der Waals surface area contributed by atoms with Gasteiger partial charge in [0.25, 0.3) is 0 Å². The van der Waals surface area contributed by atoms with Gasteiger partial charge in [-0.15, -0.1) is 0 Å². The molecule has 0 aromatic heterocycles. The minimum atomic E-state index is -0.350. The molecule has 2 N–H and O–H groups in total. The Bertz CT molecular complexity index is 464. The molecule has 0 spiro atoms.